The van der Waals surface area contributed by atoms with Crippen LogP contribution in [0.25, 0.3) is 0 Å². The van der Waals surface area contributed by atoms with Gasteiger partial charge in [-0.15, -0.1) is 0 Å². The minimum atomic E-state index is 0.0139. The van der Waals surface area contributed by atoms with Crippen molar-refractivity contribution >= 4 is 5.91 Å². The summed E-state index contributed by atoms with van der Waals surface area (Å²) in [5.74, 6) is 0.0139. The molecule has 0 aromatic heterocycles. The van der Waals surface area contributed by atoms with Crippen molar-refractivity contribution in [3.05, 3.63) is 35.9 Å². The molecule has 1 amide bonds. The molecule has 1 aromatic rings. The van der Waals surface area contributed by atoms with Crippen molar-refractivity contribution in [1.29, 1.82) is 0 Å². The highest BCUT2D eigenvalue weighted by molar-refractivity contribution is 5.77. The number of ether oxygens (including phenoxy) is 1. The number of hydrogen-bond acceptors (Lipinski definition) is 3. The van der Waals surface area contributed by atoms with E-state index >= 15 is 0 Å². The summed E-state index contributed by atoms with van der Waals surface area (Å²) in [6, 6.07) is 10.6. The molecule has 0 atom stereocenters. The molecule has 0 saturated heterocycles. The van der Waals surface area contributed by atoms with E-state index in [1.54, 1.807) is 0 Å². The van der Waals surface area contributed by atoms with Gasteiger partial charge in [0, 0.05) is 19.1 Å². The monoisotopic (exact) mass is 276 g/mol. The van der Waals surface area contributed by atoms with Gasteiger partial charge >= 0.3 is 0 Å². The lowest BCUT2D eigenvalue weighted by Crippen LogP contribution is -2.35. The number of nitrogens with one attached hydrogen (secondary N) is 2. The Kier molecular flexibility index (Phi) is 6.54. The van der Waals surface area contributed by atoms with E-state index in [-0.39, 0.29) is 12.5 Å². The zero-order valence-corrected chi connectivity index (χ0v) is 11.9. The van der Waals surface area contributed by atoms with Gasteiger partial charge in [0.25, 0.3) is 0 Å². The summed E-state index contributed by atoms with van der Waals surface area (Å²) in [7, 11) is 0. The molecule has 2 rings (SSSR count). The van der Waals surface area contributed by atoms with Crippen LogP contribution in [0.15, 0.2) is 30.3 Å². The number of benzene rings is 1. The van der Waals surface area contributed by atoms with E-state index in [9.17, 15) is 4.79 Å². The molecular weight excluding hydrogens is 252 g/mol. The third-order valence-electron chi connectivity index (χ3n) is 3.55. The first-order valence-electron chi connectivity index (χ1n) is 7.46. The molecule has 20 heavy (non-hydrogen) atoms. The lowest BCUT2D eigenvalue weighted by Gasteiger charge is -2.12. The van der Waals surface area contributed by atoms with Gasteiger partial charge in [0.05, 0.1) is 6.61 Å². The van der Waals surface area contributed by atoms with Crippen LogP contribution >= 0.6 is 0 Å². The average Bonchev–Trinajstić information content (AvgIpc) is 2.96. The van der Waals surface area contributed by atoms with Crippen LogP contribution in [0.2, 0.25) is 0 Å². The molecule has 1 saturated carbocycles. The van der Waals surface area contributed by atoms with Crippen molar-refractivity contribution < 1.29 is 9.53 Å². The van der Waals surface area contributed by atoms with Crippen LogP contribution in [0.4, 0.5) is 0 Å². The molecule has 0 radical (unpaired) electrons. The van der Waals surface area contributed by atoms with Crippen molar-refractivity contribution in [3.63, 3.8) is 0 Å². The summed E-state index contributed by atoms with van der Waals surface area (Å²) in [6.07, 6.45) is 4.69. The Morgan fingerprint density at radius 1 is 1.20 bits per heavy atom. The lowest BCUT2D eigenvalue weighted by atomic mass is 10.2. The van der Waals surface area contributed by atoms with E-state index in [1.165, 1.54) is 18.4 Å². The fourth-order valence-electron chi connectivity index (χ4n) is 2.48. The van der Waals surface area contributed by atoms with Gasteiger partial charge in [0.1, 0.15) is 6.61 Å². The smallest absolute Gasteiger partial charge is 0.246 e. The predicted octanol–water partition coefficient (Wildman–Crippen LogP) is 1.85. The van der Waals surface area contributed by atoms with E-state index in [2.05, 4.69) is 22.8 Å². The second kappa shape index (κ2) is 8.72. The lowest BCUT2D eigenvalue weighted by molar-refractivity contribution is -0.126. The van der Waals surface area contributed by atoms with Gasteiger partial charge in [-0.05, 0) is 18.4 Å². The normalized spacial score (nSPS) is 15.4. The van der Waals surface area contributed by atoms with Crippen LogP contribution in [-0.2, 0) is 16.1 Å². The Morgan fingerprint density at radius 3 is 2.70 bits per heavy atom. The molecule has 0 unspecified atom stereocenters. The first-order valence-corrected chi connectivity index (χ1v) is 7.46. The Bertz CT molecular complexity index is 389. The van der Waals surface area contributed by atoms with Crippen molar-refractivity contribution in [2.45, 2.75) is 38.3 Å². The zero-order valence-electron chi connectivity index (χ0n) is 11.9. The Morgan fingerprint density at radius 2 is 1.95 bits per heavy atom. The van der Waals surface area contributed by atoms with Crippen molar-refractivity contribution in [2.24, 2.45) is 0 Å². The maximum Gasteiger partial charge on any atom is 0.246 e. The van der Waals surface area contributed by atoms with Gasteiger partial charge < -0.3 is 15.4 Å². The first-order chi connectivity index (χ1) is 9.84. The molecule has 0 heterocycles. The van der Waals surface area contributed by atoms with Crippen molar-refractivity contribution in [3.8, 4) is 0 Å². The molecule has 1 aliphatic rings. The highest BCUT2D eigenvalue weighted by Crippen LogP contribution is 2.17. The van der Waals surface area contributed by atoms with E-state index in [4.69, 9.17) is 4.74 Å². The van der Waals surface area contributed by atoms with E-state index < -0.39 is 0 Å². The Labute approximate surface area is 120 Å². The Balaban J connectivity index is 1.46. The average molecular weight is 276 g/mol. The largest absolute Gasteiger partial charge is 0.370 e. The molecule has 1 aliphatic carbocycles. The predicted molar refractivity (Wildman–Crippen MR) is 79.4 cm³/mol. The van der Waals surface area contributed by atoms with Gasteiger partial charge in [0.2, 0.25) is 5.91 Å². The van der Waals surface area contributed by atoms with E-state index in [0.717, 1.165) is 25.9 Å². The summed E-state index contributed by atoms with van der Waals surface area (Å²) in [4.78, 5) is 11.6. The molecule has 110 valence electrons. The summed E-state index contributed by atoms with van der Waals surface area (Å²) in [5.41, 5.74) is 1.26. The first kappa shape index (κ1) is 15.0. The number of carbonyl (C=O) groups is 1. The quantitative estimate of drug-likeness (QED) is 0.713. The van der Waals surface area contributed by atoms with Gasteiger partial charge in [-0.1, -0.05) is 43.2 Å². The highest BCUT2D eigenvalue weighted by atomic mass is 16.5. The molecule has 1 fully saturated rings. The summed E-state index contributed by atoms with van der Waals surface area (Å²) in [6.45, 7) is 2.32. The molecule has 0 aliphatic heterocycles. The number of hydrogen-bond donors (Lipinski definition) is 2. The second-order valence-corrected chi connectivity index (χ2v) is 5.26. The zero-order chi connectivity index (χ0) is 14.0. The molecule has 1 aromatic carbocycles. The third-order valence-corrected chi connectivity index (χ3v) is 3.55. The van der Waals surface area contributed by atoms with Crippen molar-refractivity contribution in [2.75, 3.05) is 19.8 Å². The van der Waals surface area contributed by atoms with E-state index in [1.807, 2.05) is 18.2 Å². The van der Waals surface area contributed by atoms with Gasteiger partial charge in [-0.3, -0.25) is 4.79 Å². The summed E-state index contributed by atoms with van der Waals surface area (Å²) >= 11 is 0. The fraction of sp³-hybridized carbons (Fsp3) is 0.562. The van der Waals surface area contributed by atoms with Gasteiger partial charge in [-0.2, -0.15) is 0 Å². The van der Waals surface area contributed by atoms with Crippen LogP contribution in [0.1, 0.15) is 31.2 Å². The third kappa shape index (κ3) is 5.72. The van der Waals surface area contributed by atoms with E-state index in [0.29, 0.717) is 12.6 Å². The highest BCUT2D eigenvalue weighted by Gasteiger charge is 2.16. The van der Waals surface area contributed by atoms with Crippen LogP contribution < -0.4 is 10.6 Å². The number of amides is 1. The van der Waals surface area contributed by atoms with Crippen LogP contribution in [-0.4, -0.2) is 31.7 Å². The van der Waals surface area contributed by atoms with Crippen LogP contribution in [0.5, 0.6) is 0 Å². The number of carbonyl (C=O) groups excluding carboxylic acids is 1. The SMILES string of the molecule is O=C(COCCNCc1ccccc1)NC1CCCC1. The Hall–Kier alpha value is -1.39. The second-order valence-electron chi connectivity index (χ2n) is 5.26. The van der Waals surface area contributed by atoms with Crippen LogP contribution in [0, 0.1) is 0 Å². The molecular formula is C16H24N2O2. The van der Waals surface area contributed by atoms with Gasteiger partial charge in [0.15, 0.2) is 0 Å². The van der Waals surface area contributed by atoms with Gasteiger partial charge in [-0.25, -0.2) is 0 Å². The minimum Gasteiger partial charge on any atom is -0.370 e. The molecule has 0 spiro atoms. The maximum absolute atomic E-state index is 11.6. The minimum absolute atomic E-state index is 0.0139. The topological polar surface area (TPSA) is 50.4 Å². The molecule has 0 bridgehead atoms. The van der Waals surface area contributed by atoms with Crippen LogP contribution in [0.3, 0.4) is 0 Å². The summed E-state index contributed by atoms with van der Waals surface area (Å²) < 4.78 is 5.37. The molecule has 4 nitrogen and oxygen atoms in total. The number of rotatable bonds is 8. The standard InChI is InChI=1S/C16H24N2O2/c19-16(18-15-8-4-5-9-15)13-20-11-10-17-12-14-6-2-1-3-7-14/h1-3,6-7,15,17H,4-5,8-13H2,(H,18,19). The summed E-state index contributed by atoms with van der Waals surface area (Å²) in [5, 5.41) is 6.30. The molecule has 4 heteroatoms. The van der Waals surface area contributed by atoms with Crippen molar-refractivity contribution in [1.82, 2.24) is 10.6 Å². The fourth-order valence-corrected chi connectivity index (χ4v) is 2.48. The molecule has 2 N–H and O–H groups in total. The maximum atomic E-state index is 11.6.